The molecule has 6 heteroatoms. The third-order valence-electron chi connectivity index (χ3n) is 3.52. The van der Waals surface area contributed by atoms with Crippen molar-refractivity contribution in [1.29, 1.82) is 0 Å². The Morgan fingerprint density at radius 3 is 2.96 bits per heavy atom. The average Bonchev–Trinajstić information content (AvgIpc) is 3.08. The van der Waals surface area contributed by atoms with Crippen LogP contribution in [0.3, 0.4) is 0 Å². The van der Waals surface area contributed by atoms with Gasteiger partial charge in [0.05, 0.1) is 16.1 Å². The Hall–Kier alpha value is -2.05. The van der Waals surface area contributed by atoms with Crippen molar-refractivity contribution in [3.63, 3.8) is 0 Å². The zero-order valence-electron chi connectivity index (χ0n) is 12.2. The van der Waals surface area contributed by atoms with Gasteiger partial charge in [0.1, 0.15) is 11.0 Å². The summed E-state index contributed by atoms with van der Waals surface area (Å²) in [6.45, 7) is 1.96. The van der Waals surface area contributed by atoms with E-state index in [1.807, 2.05) is 31.2 Å². The Balaban J connectivity index is 1.72. The molecule has 0 aliphatic carbocycles. The van der Waals surface area contributed by atoms with E-state index in [-0.39, 0.29) is 12.2 Å². The molecule has 0 saturated heterocycles. The highest BCUT2D eigenvalue weighted by Crippen LogP contribution is 2.29. The van der Waals surface area contributed by atoms with Crippen molar-refractivity contribution in [1.82, 2.24) is 9.97 Å². The fraction of sp³-hybridized carbons (Fsp3) is 0.118. The number of carbonyl (C=O) groups is 1. The number of nitrogens with zero attached hydrogens (tertiary/aromatic N) is 2. The highest BCUT2D eigenvalue weighted by Gasteiger charge is 2.16. The van der Waals surface area contributed by atoms with Crippen molar-refractivity contribution >= 4 is 54.4 Å². The van der Waals surface area contributed by atoms with Gasteiger partial charge in [-0.1, -0.05) is 28.1 Å². The monoisotopic (exact) mass is 386 g/mol. The van der Waals surface area contributed by atoms with Gasteiger partial charge in [-0.3, -0.25) is 4.79 Å². The number of thiazole rings is 1. The first-order valence-electron chi connectivity index (χ1n) is 7.04. The summed E-state index contributed by atoms with van der Waals surface area (Å²) in [6.07, 6.45) is 0.135. The van der Waals surface area contributed by atoms with Crippen LogP contribution in [0.1, 0.15) is 21.3 Å². The summed E-state index contributed by atoms with van der Waals surface area (Å²) in [5.74, 6) is 0.395. The summed E-state index contributed by atoms with van der Waals surface area (Å²) in [5, 5.41) is 0.982. The van der Waals surface area contributed by atoms with Crippen molar-refractivity contribution < 1.29 is 9.21 Å². The Morgan fingerprint density at radius 1 is 1.26 bits per heavy atom. The fourth-order valence-electron chi connectivity index (χ4n) is 2.51. The molecule has 2 heterocycles. The second-order valence-electron chi connectivity index (χ2n) is 5.21. The number of oxazole rings is 1. The number of halogens is 1. The first-order chi connectivity index (χ1) is 11.1. The summed E-state index contributed by atoms with van der Waals surface area (Å²) in [6, 6.07) is 11.2. The van der Waals surface area contributed by atoms with Gasteiger partial charge >= 0.3 is 0 Å². The molecular formula is C17H11BrN2O2S. The Labute approximate surface area is 144 Å². The zero-order chi connectivity index (χ0) is 16.0. The lowest BCUT2D eigenvalue weighted by atomic mass is 10.1. The van der Waals surface area contributed by atoms with Crippen molar-refractivity contribution in [3.8, 4) is 0 Å². The fourth-order valence-corrected chi connectivity index (χ4v) is 3.74. The van der Waals surface area contributed by atoms with Crippen LogP contribution in [0.4, 0.5) is 0 Å². The number of benzene rings is 2. The molecule has 0 N–H and O–H groups in total. The predicted molar refractivity (Wildman–Crippen MR) is 94.1 cm³/mol. The summed E-state index contributed by atoms with van der Waals surface area (Å²) in [4.78, 5) is 21.3. The summed E-state index contributed by atoms with van der Waals surface area (Å²) < 4.78 is 7.76. The number of fused-ring (bicyclic) bond motifs is 3. The van der Waals surface area contributed by atoms with E-state index >= 15 is 0 Å². The van der Waals surface area contributed by atoms with Crippen molar-refractivity contribution in [2.45, 2.75) is 13.3 Å². The minimum absolute atomic E-state index is 0.0245. The standard InChI is InChI=1S/C17H11BrN2O2S/c1-9-19-16-14(23-9)6-5-12-17(16)22-15(20-12)8-13(21)10-3-2-4-11(18)7-10/h2-7H,8H2,1H3. The third kappa shape index (κ3) is 2.68. The maximum atomic E-state index is 12.4. The molecule has 0 saturated carbocycles. The van der Waals surface area contributed by atoms with Crippen LogP contribution in [0.2, 0.25) is 0 Å². The molecule has 4 aromatic rings. The van der Waals surface area contributed by atoms with E-state index < -0.39 is 0 Å². The van der Waals surface area contributed by atoms with Crippen molar-refractivity contribution in [2.75, 3.05) is 0 Å². The molecule has 0 radical (unpaired) electrons. The normalized spacial score (nSPS) is 11.4. The molecule has 0 aliphatic rings. The van der Waals surface area contributed by atoms with Crippen LogP contribution in [0.5, 0.6) is 0 Å². The van der Waals surface area contributed by atoms with Gasteiger partial charge in [0.25, 0.3) is 0 Å². The number of hydrogen-bond acceptors (Lipinski definition) is 5. The zero-order valence-corrected chi connectivity index (χ0v) is 14.6. The molecule has 23 heavy (non-hydrogen) atoms. The van der Waals surface area contributed by atoms with Gasteiger partial charge in [-0.2, -0.15) is 0 Å². The van der Waals surface area contributed by atoms with E-state index in [4.69, 9.17) is 4.42 Å². The maximum absolute atomic E-state index is 12.4. The van der Waals surface area contributed by atoms with Crippen LogP contribution in [0, 0.1) is 6.92 Å². The van der Waals surface area contributed by atoms with Crippen LogP contribution in [-0.2, 0) is 6.42 Å². The van der Waals surface area contributed by atoms with E-state index in [0.29, 0.717) is 17.0 Å². The first kappa shape index (κ1) is 14.5. The predicted octanol–water partition coefficient (Wildman–Crippen LogP) is 4.93. The lowest BCUT2D eigenvalue weighted by molar-refractivity contribution is 0.0986. The van der Waals surface area contributed by atoms with Gasteiger partial charge in [0.15, 0.2) is 11.4 Å². The maximum Gasteiger partial charge on any atom is 0.203 e. The lowest BCUT2D eigenvalue weighted by Gasteiger charge is -1.98. The van der Waals surface area contributed by atoms with Crippen LogP contribution in [0.25, 0.3) is 21.3 Å². The van der Waals surface area contributed by atoms with E-state index in [9.17, 15) is 4.79 Å². The molecule has 0 aliphatic heterocycles. The molecule has 4 nitrogen and oxygen atoms in total. The average molecular weight is 387 g/mol. The molecule has 4 rings (SSSR count). The number of hydrogen-bond donors (Lipinski definition) is 0. The molecule has 0 atom stereocenters. The van der Waals surface area contributed by atoms with Gasteiger partial charge in [-0.15, -0.1) is 11.3 Å². The quantitative estimate of drug-likeness (QED) is 0.468. The third-order valence-corrected chi connectivity index (χ3v) is 4.95. The van der Waals surface area contributed by atoms with E-state index in [1.165, 1.54) is 0 Å². The minimum atomic E-state index is -0.0245. The van der Waals surface area contributed by atoms with Gasteiger partial charge in [0, 0.05) is 10.0 Å². The molecule has 114 valence electrons. The number of Topliss-reactive ketones (excluding diaryl/α,β-unsaturated/α-hetero) is 1. The van der Waals surface area contributed by atoms with Crippen molar-refractivity contribution in [3.05, 3.63) is 57.3 Å². The number of aryl methyl sites for hydroxylation is 1. The number of carbonyl (C=O) groups excluding carboxylic acids is 1. The molecule has 2 aromatic carbocycles. The summed E-state index contributed by atoms with van der Waals surface area (Å²) in [5.41, 5.74) is 2.85. The summed E-state index contributed by atoms with van der Waals surface area (Å²) >= 11 is 4.99. The largest absolute Gasteiger partial charge is 0.438 e. The van der Waals surface area contributed by atoms with E-state index in [0.717, 1.165) is 25.2 Å². The van der Waals surface area contributed by atoms with Crippen molar-refractivity contribution in [2.24, 2.45) is 0 Å². The SMILES string of the molecule is Cc1nc2c(ccc3nc(CC(=O)c4cccc(Br)c4)oc32)s1. The second kappa shape index (κ2) is 5.54. The number of ketones is 1. The number of rotatable bonds is 3. The molecule has 2 aromatic heterocycles. The molecule has 0 bridgehead atoms. The highest BCUT2D eigenvalue weighted by molar-refractivity contribution is 9.10. The molecule has 0 fully saturated rings. The minimum Gasteiger partial charge on any atom is -0.438 e. The number of aromatic nitrogens is 2. The second-order valence-corrected chi connectivity index (χ2v) is 7.36. The highest BCUT2D eigenvalue weighted by atomic mass is 79.9. The van der Waals surface area contributed by atoms with Crippen LogP contribution in [-0.4, -0.2) is 15.8 Å². The summed E-state index contributed by atoms with van der Waals surface area (Å²) in [7, 11) is 0. The molecule has 0 unspecified atom stereocenters. The Kier molecular flexibility index (Phi) is 3.50. The smallest absolute Gasteiger partial charge is 0.203 e. The molecular weight excluding hydrogens is 376 g/mol. The topological polar surface area (TPSA) is 56.0 Å². The van der Waals surface area contributed by atoms with Gasteiger partial charge in [-0.05, 0) is 31.2 Å². The van der Waals surface area contributed by atoms with E-state index in [1.54, 1.807) is 23.5 Å². The molecule has 0 amide bonds. The first-order valence-corrected chi connectivity index (χ1v) is 8.65. The van der Waals surface area contributed by atoms with Gasteiger partial charge < -0.3 is 4.42 Å². The molecule has 0 spiro atoms. The van der Waals surface area contributed by atoms with Gasteiger partial charge in [-0.25, -0.2) is 9.97 Å². The Bertz CT molecular complexity index is 1050. The van der Waals surface area contributed by atoms with E-state index in [2.05, 4.69) is 25.9 Å². The van der Waals surface area contributed by atoms with Gasteiger partial charge in [0.2, 0.25) is 5.89 Å². The van der Waals surface area contributed by atoms with Crippen LogP contribution in [0.15, 0.2) is 45.3 Å². The van der Waals surface area contributed by atoms with Crippen LogP contribution >= 0.6 is 27.3 Å². The van der Waals surface area contributed by atoms with Crippen LogP contribution < -0.4 is 0 Å². The Morgan fingerprint density at radius 2 is 2.13 bits per heavy atom. The lowest BCUT2D eigenvalue weighted by Crippen LogP contribution is -2.03.